The lowest BCUT2D eigenvalue weighted by Gasteiger charge is -2.09. The van der Waals surface area contributed by atoms with Gasteiger partial charge >= 0.3 is 0 Å². The van der Waals surface area contributed by atoms with E-state index in [4.69, 9.17) is 0 Å². The van der Waals surface area contributed by atoms with E-state index in [0.717, 1.165) is 23.3 Å². The number of benzene rings is 1. The molecule has 0 aromatic heterocycles. The van der Waals surface area contributed by atoms with Gasteiger partial charge in [-0.05, 0) is 29.7 Å². The minimum atomic E-state index is -0.458. The summed E-state index contributed by atoms with van der Waals surface area (Å²) in [4.78, 5) is 0. The lowest BCUT2D eigenvalue weighted by Crippen LogP contribution is -1.95. The number of alkyl halides is 1. The van der Waals surface area contributed by atoms with Crippen LogP contribution >= 0.6 is 12.6 Å². The molecule has 0 aliphatic carbocycles. The molecule has 0 radical (unpaired) electrons. The number of hydrogen-bond acceptors (Lipinski definition) is 2. The number of aryl methyl sites for hydroxylation is 1. The number of rotatable bonds is 7. The molecule has 0 heterocycles. The zero-order valence-electron chi connectivity index (χ0n) is 10.8. The molecule has 0 bridgehead atoms. The summed E-state index contributed by atoms with van der Waals surface area (Å²) in [5.41, 5.74) is 2.95. The first-order chi connectivity index (χ1) is 9.19. The van der Waals surface area contributed by atoms with Crippen LogP contribution in [0, 0.1) is 0 Å². The first-order valence-electron chi connectivity index (χ1n) is 6.17. The Labute approximate surface area is 119 Å². The second-order valence-electron chi connectivity index (χ2n) is 4.13. The second kappa shape index (κ2) is 8.59. The Morgan fingerprint density at radius 2 is 2.05 bits per heavy atom. The van der Waals surface area contributed by atoms with E-state index in [-0.39, 0.29) is 5.76 Å². The van der Waals surface area contributed by atoms with Crippen LogP contribution < -0.4 is 0 Å². The molecule has 1 aromatic carbocycles. The van der Waals surface area contributed by atoms with Gasteiger partial charge in [0.2, 0.25) is 0 Å². The van der Waals surface area contributed by atoms with E-state index in [1.807, 2.05) is 18.2 Å². The summed E-state index contributed by atoms with van der Waals surface area (Å²) in [5, 5.41) is 9.57. The van der Waals surface area contributed by atoms with Crippen LogP contribution in [0.2, 0.25) is 0 Å². The molecule has 0 unspecified atom stereocenters. The van der Waals surface area contributed by atoms with Crippen molar-refractivity contribution in [2.24, 2.45) is 0 Å². The van der Waals surface area contributed by atoms with Gasteiger partial charge in [0.1, 0.15) is 12.4 Å². The summed E-state index contributed by atoms with van der Waals surface area (Å²) >= 11 is 4.22. The fraction of sp³-hybridized carbons (Fsp3) is 0.250. The van der Waals surface area contributed by atoms with Gasteiger partial charge in [0.15, 0.2) is 0 Å². The highest BCUT2D eigenvalue weighted by Crippen LogP contribution is 2.19. The lowest BCUT2D eigenvalue weighted by atomic mass is 9.99. The van der Waals surface area contributed by atoms with Gasteiger partial charge in [-0.25, -0.2) is 4.39 Å². The normalized spacial score (nSPS) is 11.5. The average molecular weight is 278 g/mol. The quantitative estimate of drug-likeness (QED) is 0.432. The minimum absolute atomic E-state index is 0.0696. The first kappa shape index (κ1) is 15.6. The van der Waals surface area contributed by atoms with Crippen molar-refractivity contribution in [3.05, 3.63) is 65.8 Å². The van der Waals surface area contributed by atoms with Crippen LogP contribution in [0.4, 0.5) is 4.39 Å². The van der Waals surface area contributed by atoms with E-state index in [9.17, 15) is 9.50 Å². The topological polar surface area (TPSA) is 20.2 Å². The number of allylic oxidation sites excluding steroid dienone is 4. The molecule has 0 aliphatic rings. The fourth-order valence-electron chi connectivity index (χ4n) is 1.79. The van der Waals surface area contributed by atoms with E-state index in [1.54, 1.807) is 12.2 Å². The third kappa shape index (κ3) is 5.35. The fourth-order valence-corrected chi connectivity index (χ4v) is 2.04. The Hall–Kier alpha value is -1.48. The molecule has 19 heavy (non-hydrogen) atoms. The summed E-state index contributed by atoms with van der Waals surface area (Å²) in [5.74, 6) is 0.855. The van der Waals surface area contributed by atoms with Crippen molar-refractivity contribution in [3.8, 4) is 0 Å². The van der Waals surface area contributed by atoms with Crippen LogP contribution in [0.15, 0.2) is 49.1 Å². The van der Waals surface area contributed by atoms with Gasteiger partial charge in [-0.2, -0.15) is 12.6 Å². The van der Waals surface area contributed by atoms with Crippen molar-refractivity contribution in [3.63, 3.8) is 0 Å². The van der Waals surface area contributed by atoms with Gasteiger partial charge in [0.25, 0.3) is 0 Å². The number of hydrogen-bond donors (Lipinski definition) is 2. The molecule has 1 nitrogen and oxygen atoms in total. The van der Waals surface area contributed by atoms with Gasteiger partial charge in [-0.1, -0.05) is 49.1 Å². The minimum Gasteiger partial charge on any atom is -0.508 e. The van der Waals surface area contributed by atoms with Crippen LogP contribution in [0.1, 0.15) is 16.7 Å². The predicted molar refractivity (Wildman–Crippen MR) is 83.6 cm³/mol. The molecule has 0 aliphatic heterocycles. The van der Waals surface area contributed by atoms with E-state index >= 15 is 0 Å². The van der Waals surface area contributed by atoms with E-state index in [2.05, 4.69) is 25.3 Å². The Bertz CT molecular complexity index is 478. The van der Waals surface area contributed by atoms with Gasteiger partial charge in [-0.3, -0.25) is 0 Å². The van der Waals surface area contributed by atoms with E-state index in [1.165, 1.54) is 11.6 Å². The molecule has 1 rings (SSSR count). The first-order valence-corrected chi connectivity index (χ1v) is 6.80. The summed E-state index contributed by atoms with van der Waals surface area (Å²) < 4.78 is 11.9. The largest absolute Gasteiger partial charge is 0.508 e. The van der Waals surface area contributed by atoms with Crippen LogP contribution in [0.25, 0.3) is 5.76 Å². The SMILES string of the molecule is C=C(O)c1ccc(CCS)cc1C/C=C\C=C/CF. The Balaban J connectivity index is 2.88. The van der Waals surface area contributed by atoms with Crippen molar-refractivity contribution in [2.75, 3.05) is 12.4 Å². The Morgan fingerprint density at radius 3 is 2.68 bits per heavy atom. The summed E-state index contributed by atoms with van der Waals surface area (Å²) in [6.07, 6.45) is 8.41. The number of thiol groups is 1. The Morgan fingerprint density at radius 1 is 1.32 bits per heavy atom. The standard InChI is InChI=1S/C16H19FOS/c1-13(18)16-8-7-14(9-11-19)12-15(16)6-4-2-3-5-10-17/h2-5,7-8,12,18-19H,1,6,9-11H2/b4-2-,5-3-. The highest BCUT2D eigenvalue weighted by molar-refractivity contribution is 7.80. The molecule has 1 N–H and O–H groups in total. The summed E-state index contributed by atoms with van der Waals surface area (Å²) in [7, 11) is 0. The molecular formula is C16H19FOS. The van der Waals surface area contributed by atoms with Gasteiger partial charge < -0.3 is 5.11 Å². The monoisotopic (exact) mass is 278 g/mol. The molecule has 0 saturated carbocycles. The third-order valence-electron chi connectivity index (χ3n) is 2.69. The zero-order valence-corrected chi connectivity index (χ0v) is 11.7. The molecule has 0 saturated heterocycles. The van der Waals surface area contributed by atoms with Crippen LogP contribution in [-0.2, 0) is 12.8 Å². The smallest absolute Gasteiger partial charge is 0.115 e. The number of halogens is 1. The third-order valence-corrected chi connectivity index (χ3v) is 2.91. The highest BCUT2D eigenvalue weighted by atomic mass is 32.1. The van der Waals surface area contributed by atoms with Crippen LogP contribution in [0.5, 0.6) is 0 Å². The zero-order chi connectivity index (χ0) is 14.1. The number of aliphatic hydroxyl groups excluding tert-OH is 1. The molecule has 0 fully saturated rings. The van der Waals surface area contributed by atoms with Crippen LogP contribution in [-0.4, -0.2) is 17.5 Å². The summed E-state index contributed by atoms with van der Waals surface area (Å²) in [6, 6.07) is 5.90. The number of aliphatic hydroxyl groups is 1. The molecule has 0 spiro atoms. The van der Waals surface area contributed by atoms with E-state index < -0.39 is 6.67 Å². The molecule has 3 heteroatoms. The van der Waals surface area contributed by atoms with Crippen LogP contribution in [0.3, 0.4) is 0 Å². The Kier molecular flexibility index (Phi) is 7.04. The van der Waals surface area contributed by atoms with Gasteiger partial charge in [0.05, 0.1) is 0 Å². The van der Waals surface area contributed by atoms with E-state index in [0.29, 0.717) is 6.42 Å². The second-order valence-corrected chi connectivity index (χ2v) is 4.57. The maximum absolute atomic E-state index is 11.9. The molecule has 0 atom stereocenters. The van der Waals surface area contributed by atoms with Crippen molar-refractivity contribution < 1.29 is 9.50 Å². The summed E-state index contributed by atoms with van der Waals surface area (Å²) in [6.45, 7) is 3.11. The maximum atomic E-state index is 11.9. The van der Waals surface area contributed by atoms with Gasteiger partial charge in [0, 0.05) is 5.56 Å². The molecule has 102 valence electrons. The average Bonchev–Trinajstić information content (AvgIpc) is 2.39. The predicted octanol–water partition coefficient (Wildman–Crippen LogP) is 4.31. The molecule has 0 amide bonds. The molecule has 1 aromatic rings. The lowest BCUT2D eigenvalue weighted by molar-refractivity contribution is 0.513. The van der Waals surface area contributed by atoms with Crippen molar-refractivity contribution in [1.82, 2.24) is 0 Å². The van der Waals surface area contributed by atoms with Crippen molar-refractivity contribution in [2.45, 2.75) is 12.8 Å². The highest BCUT2D eigenvalue weighted by Gasteiger charge is 2.05. The molecular weight excluding hydrogens is 259 g/mol. The maximum Gasteiger partial charge on any atom is 0.115 e. The van der Waals surface area contributed by atoms with Crippen molar-refractivity contribution >= 4 is 18.4 Å². The van der Waals surface area contributed by atoms with Gasteiger partial charge in [-0.15, -0.1) is 0 Å². The van der Waals surface area contributed by atoms with Crippen molar-refractivity contribution in [1.29, 1.82) is 0 Å².